The number of hydrogen-bond acceptors (Lipinski definition) is 1. The van der Waals surface area contributed by atoms with Crippen LogP contribution in [0.3, 0.4) is 0 Å². The Hall–Kier alpha value is 1.65. The Labute approximate surface area is 66.8 Å². The molecule has 0 saturated heterocycles. The van der Waals surface area contributed by atoms with E-state index in [-0.39, 0.29) is 0 Å². The highest BCUT2D eigenvalue weighted by atomic mass is 128. The third-order valence-corrected chi connectivity index (χ3v) is 0. The molecule has 0 aromatic rings. The van der Waals surface area contributed by atoms with Crippen molar-refractivity contribution in [2.24, 2.45) is 0 Å². The van der Waals surface area contributed by atoms with E-state index in [1.165, 1.54) is 13.3 Å². The lowest BCUT2D eigenvalue weighted by molar-refractivity contribution is 0.492. The molecule has 0 unspecified atom stereocenters. The maximum absolute atomic E-state index is 9.77. The second-order valence-corrected chi connectivity index (χ2v) is 3.88. The summed E-state index contributed by atoms with van der Waals surface area (Å²) in [4.78, 5) is 8.08. The molecule has 0 aromatic heterocycles. The fraction of sp³-hybridized carbons (Fsp3) is 1.00. The van der Waals surface area contributed by atoms with Crippen LogP contribution in [0, 0.1) is 0 Å². The first-order valence-corrected chi connectivity index (χ1v) is 10.3. The number of rotatable bonds is 0. The molecule has 0 radical (unpaired) electrons. The zero-order valence-corrected chi connectivity index (χ0v) is 9.27. The predicted molar refractivity (Wildman–Crippen MR) is 49.7 cm³/mol. The first kappa shape index (κ1) is 11.4. The Morgan fingerprint density at radius 2 is 1.43 bits per heavy atom. The second-order valence-electron chi connectivity index (χ2n) is 1.29. The van der Waals surface area contributed by atoms with E-state index in [4.69, 9.17) is 4.89 Å². The van der Waals surface area contributed by atoms with Gasteiger partial charge in [-0.05, 0) is 0 Å². The Morgan fingerprint density at radius 1 is 1.43 bits per heavy atom. The summed E-state index contributed by atoms with van der Waals surface area (Å²) in [7, 11) is -2.64. The SMILES string of the molecule is CP(C)(=O)O.II. The predicted octanol–water partition coefficient (Wildman–Crippen LogP) is 2.29. The normalized spacial score (nSPS) is 9.29. The van der Waals surface area contributed by atoms with E-state index in [0.717, 1.165) is 0 Å². The summed E-state index contributed by atoms with van der Waals surface area (Å²) in [5, 5.41) is 0. The molecular weight excluding hydrogens is 341 g/mol. The molecule has 0 fully saturated rings. The molecule has 0 atom stereocenters. The fourth-order valence-electron chi connectivity index (χ4n) is 0. The minimum absolute atomic E-state index is 1.30. The molecule has 0 bridgehead atoms. The van der Waals surface area contributed by atoms with E-state index in [1.807, 2.05) is 0 Å². The molecular formula is C2H7I2O2P. The molecule has 0 spiro atoms. The summed E-state index contributed by atoms with van der Waals surface area (Å²) in [6.45, 7) is 2.60. The third kappa shape index (κ3) is 89.7. The molecule has 2 nitrogen and oxygen atoms in total. The molecule has 0 aliphatic heterocycles. The minimum atomic E-state index is -2.64. The van der Waals surface area contributed by atoms with Gasteiger partial charge in [0.05, 0.1) is 0 Å². The topological polar surface area (TPSA) is 37.3 Å². The van der Waals surface area contributed by atoms with Crippen molar-refractivity contribution in [3.8, 4) is 0 Å². The lowest BCUT2D eigenvalue weighted by Gasteiger charge is -1.86. The summed E-state index contributed by atoms with van der Waals surface area (Å²) in [6.07, 6.45) is 0. The fourth-order valence-corrected chi connectivity index (χ4v) is 0. The van der Waals surface area contributed by atoms with Gasteiger partial charge in [-0.1, -0.05) is 0 Å². The van der Waals surface area contributed by atoms with E-state index in [9.17, 15) is 4.57 Å². The van der Waals surface area contributed by atoms with Crippen molar-refractivity contribution in [2.45, 2.75) is 0 Å². The zero-order chi connectivity index (χ0) is 6.50. The van der Waals surface area contributed by atoms with Gasteiger partial charge in [0.2, 0.25) is 0 Å². The quantitative estimate of drug-likeness (QED) is 0.539. The van der Waals surface area contributed by atoms with Crippen LogP contribution in [0.15, 0.2) is 0 Å². The summed E-state index contributed by atoms with van der Waals surface area (Å²) in [5.41, 5.74) is 0. The molecule has 0 aliphatic carbocycles. The van der Waals surface area contributed by atoms with Crippen molar-refractivity contribution < 1.29 is 9.46 Å². The Kier molecular flexibility index (Phi) is 9.45. The highest BCUT2D eigenvalue weighted by molar-refractivity contribution is 15.0. The van der Waals surface area contributed by atoms with Crippen LogP contribution in [-0.2, 0) is 4.57 Å². The molecule has 0 aliphatic rings. The summed E-state index contributed by atoms with van der Waals surface area (Å²) in [5.74, 6) is 0. The van der Waals surface area contributed by atoms with Crippen LogP contribution in [0.2, 0.25) is 0 Å². The lowest BCUT2D eigenvalue weighted by Crippen LogP contribution is -1.62. The van der Waals surface area contributed by atoms with Gasteiger partial charge in [0.1, 0.15) is 0 Å². The molecule has 1 N–H and O–H groups in total. The van der Waals surface area contributed by atoms with Crippen molar-refractivity contribution in [2.75, 3.05) is 13.3 Å². The highest BCUT2D eigenvalue weighted by Crippen LogP contribution is 2.27. The standard InChI is InChI=1S/C2H7O2P.I2/c1-5(2,3)4;1-2/h1-2H3,(H,3,4);. The van der Waals surface area contributed by atoms with Crippen LogP contribution in [0.1, 0.15) is 0 Å². The summed E-state index contributed by atoms with van der Waals surface area (Å²) >= 11 is 4.24. The second kappa shape index (κ2) is 5.78. The maximum atomic E-state index is 9.77. The van der Waals surface area contributed by atoms with E-state index in [2.05, 4.69) is 37.2 Å². The van der Waals surface area contributed by atoms with Gasteiger partial charge in [-0.25, -0.2) is 0 Å². The average Bonchev–Trinajstić information content (AvgIpc) is 1.36. The van der Waals surface area contributed by atoms with E-state index in [0.29, 0.717) is 0 Å². The van der Waals surface area contributed by atoms with Crippen LogP contribution in [-0.4, -0.2) is 18.2 Å². The molecule has 0 heterocycles. The molecule has 7 heavy (non-hydrogen) atoms. The minimum Gasteiger partial charge on any atom is -0.345 e. The molecule has 46 valence electrons. The molecule has 0 amide bonds. The van der Waals surface area contributed by atoms with Gasteiger partial charge in [0.25, 0.3) is 0 Å². The monoisotopic (exact) mass is 348 g/mol. The van der Waals surface area contributed by atoms with Crippen molar-refractivity contribution >= 4 is 44.6 Å². The van der Waals surface area contributed by atoms with Gasteiger partial charge in [-0.2, -0.15) is 0 Å². The van der Waals surface area contributed by atoms with Gasteiger partial charge in [0, 0.05) is 50.6 Å². The smallest absolute Gasteiger partial charge is 0.194 e. The van der Waals surface area contributed by atoms with Crippen LogP contribution in [0.25, 0.3) is 0 Å². The Balaban J connectivity index is 0. The van der Waals surface area contributed by atoms with Crippen LogP contribution >= 0.6 is 44.6 Å². The van der Waals surface area contributed by atoms with Crippen molar-refractivity contribution in [3.63, 3.8) is 0 Å². The van der Waals surface area contributed by atoms with E-state index >= 15 is 0 Å². The zero-order valence-electron chi connectivity index (χ0n) is 4.06. The third-order valence-electron chi connectivity index (χ3n) is 0. The molecule has 0 aromatic carbocycles. The van der Waals surface area contributed by atoms with Crippen molar-refractivity contribution in [1.29, 1.82) is 0 Å². The van der Waals surface area contributed by atoms with Crippen molar-refractivity contribution in [1.82, 2.24) is 0 Å². The van der Waals surface area contributed by atoms with Crippen molar-refractivity contribution in [3.05, 3.63) is 0 Å². The largest absolute Gasteiger partial charge is 0.345 e. The number of hydrogen-bond donors (Lipinski definition) is 1. The van der Waals surface area contributed by atoms with Gasteiger partial charge in [0.15, 0.2) is 7.37 Å². The van der Waals surface area contributed by atoms with Crippen LogP contribution in [0.4, 0.5) is 0 Å². The Bertz CT molecular complexity index is 59.8. The first-order chi connectivity index (χ1) is 3.00. The van der Waals surface area contributed by atoms with Gasteiger partial charge in [-0.15, -0.1) is 0 Å². The highest BCUT2D eigenvalue weighted by Gasteiger charge is 1.92. The van der Waals surface area contributed by atoms with E-state index in [1.54, 1.807) is 0 Å². The summed E-state index contributed by atoms with van der Waals surface area (Å²) < 4.78 is 9.77. The van der Waals surface area contributed by atoms with Crippen LogP contribution < -0.4 is 0 Å². The van der Waals surface area contributed by atoms with E-state index < -0.39 is 7.37 Å². The molecule has 5 heteroatoms. The molecule has 0 saturated carbocycles. The average molecular weight is 348 g/mol. The Morgan fingerprint density at radius 3 is 1.43 bits per heavy atom. The number of halogens is 2. The van der Waals surface area contributed by atoms with Gasteiger partial charge >= 0.3 is 0 Å². The lowest BCUT2D eigenvalue weighted by atomic mass is 11.9. The van der Waals surface area contributed by atoms with Gasteiger partial charge in [-0.3, -0.25) is 4.57 Å². The molecule has 0 rings (SSSR count). The maximum Gasteiger partial charge on any atom is 0.194 e. The van der Waals surface area contributed by atoms with Gasteiger partial charge < -0.3 is 4.89 Å². The first-order valence-electron chi connectivity index (χ1n) is 1.42. The summed E-state index contributed by atoms with van der Waals surface area (Å²) in [6, 6.07) is 0. The van der Waals surface area contributed by atoms with Crippen LogP contribution in [0.5, 0.6) is 0 Å².